The Hall–Kier alpha value is -3.30. The van der Waals surface area contributed by atoms with Crippen molar-refractivity contribution in [1.82, 2.24) is 25.0 Å². The van der Waals surface area contributed by atoms with Crippen LogP contribution in [0.4, 0.5) is 18.0 Å². The van der Waals surface area contributed by atoms with E-state index in [0.717, 1.165) is 11.5 Å². The van der Waals surface area contributed by atoms with E-state index in [1.54, 1.807) is 35.0 Å². The highest BCUT2D eigenvalue weighted by atomic mass is 19.4. The number of nitrogens with zero attached hydrogens (tertiary/aromatic N) is 4. The van der Waals surface area contributed by atoms with Gasteiger partial charge < -0.3 is 15.3 Å². The molecule has 152 valence electrons. The maximum Gasteiger partial charge on any atom is 0.416 e. The Balaban J connectivity index is 1.65. The second-order valence-electron chi connectivity index (χ2n) is 7.17. The van der Waals surface area contributed by atoms with Gasteiger partial charge in [0, 0.05) is 30.7 Å². The zero-order valence-corrected chi connectivity index (χ0v) is 15.7. The number of pyridine rings is 1. The number of aromatic nitrogens is 3. The van der Waals surface area contributed by atoms with E-state index in [4.69, 9.17) is 0 Å². The van der Waals surface area contributed by atoms with Crippen LogP contribution in [0.25, 0.3) is 22.3 Å². The number of likely N-dealkylation sites (N-methyl/N-ethyl adjacent to an activating group) is 1. The number of amides is 2. The summed E-state index contributed by atoms with van der Waals surface area (Å²) in [6.07, 6.45) is -2.75. The number of alkyl halides is 3. The third-order valence-electron chi connectivity index (χ3n) is 4.89. The van der Waals surface area contributed by atoms with E-state index >= 15 is 0 Å². The van der Waals surface area contributed by atoms with E-state index in [9.17, 15) is 23.1 Å². The normalized spacial score (nSPS) is 17.2. The van der Waals surface area contributed by atoms with Crippen molar-refractivity contribution in [3.8, 4) is 17.0 Å². The number of aromatic hydroxyl groups is 1. The van der Waals surface area contributed by atoms with Crippen LogP contribution in [0.2, 0.25) is 0 Å². The molecule has 1 saturated heterocycles. The summed E-state index contributed by atoms with van der Waals surface area (Å²) in [4.78, 5) is 17.6. The first-order valence-electron chi connectivity index (χ1n) is 8.89. The SMILES string of the molecule is Cc1cc(C(F)(F)F)cc(O)c1-c1ccc2cn(CC3CN(C)C(=O)N3)nc2n1. The van der Waals surface area contributed by atoms with Gasteiger partial charge in [0.1, 0.15) is 5.75 Å². The number of carbonyl (C=O) groups is 1. The minimum Gasteiger partial charge on any atom is -0.507 e. The molecule has 10 heteroatoms. The number of hydrogen-bond acceptors (Lipinski definition) is 4. The van der Waals surface area contributed by atoms with Gasteiger partial charge in [-0.15, -0.1) is 0 Å². The number of hydrogen-bond donors (Lipinski definition) is 2. The summed E-state index contributed by atoms with van der Waals surface area (Å²) in [6.45, 7) is 2.52. The van der Waals surface area contributed by atoms with Crippen molar-refractivity contribution in [2.75, 3.05) is 13.6 Å². The largest absolute Gasteiger partial charge is 0.507 e. The van der Waals surface area contributed by atoms with Gasteiger partial charge >= 0.3 is 12.2 Å². The van der Waals surface area contributed by atoms with Gasteiger partial charge in [0.15, 0.2) is 5.65 Å². The van der Waals surface area contributed by atoms with Crippen molar-refractivity contribution in [2.24, 2.45) is 0 Å². The minimum absolute atomic E-state index is 0.0810. The van der Waals surface area contributed by atoms with Gasteiger partial charge in [-0.1, -0.05) is 0 Å². The molecular weight excluding hydrogens is 387 g/mol. The highest BCUT2D eigenvalue weighted by Gasteiger charge is 2.32. The van der Waals surface area contributed by atoms with Gasteiger partial charge in [-0.05, 0) is 36.8 Å². The Labute approximate surface area is 163 Å². The Bertz CT molecular complexity index is 1090. The van der Waals surface area contributed by atoms with Crippen molar-refractivity contribution in [1.29, 1.82) is 0 Å². The average Bonchev–Trinajstić information content (AvgIpc) is 3.15. The number of nitrogens with one attached hydrogen (secondary N) is 1. The molecule has 0 aliphatic carbocycles. The molecule has 0 saturated carbocycles. The molecule has 4 rings (SSSR count). The third-order valence-corrected chi connectivity index (χ3v) is 4.89. The molecule has 1 atom stereocenters. The molecule has 2 N–H and O–H groups in total. The molecule has 2 aromatic heterocycles. The molecule has 1 unspecified atom stereocenters. The molecule has 3 heterocycles. The number of rotatable bonds is 3. The molecule has 3 aromatic rings. The Morgan fingerprint density at radius 3 is 2.69 bits per heavy atom. The topological polar surface area (TPSA) is 83.3 Å². The van der Waals surface area contributed by atoms with Gasteiger partial charge in [-0.3, -0.25) is 4.68 Å². The molecule has 0 radical (unpaired) electrons. The summed E-state index contributed by atoms with van der Waals surface area (Å²) in [5.41, 5.74) is 0.323. The van der Waals surface area contributed by atoms with E-state index in [0.29, 0.717) is 30.5 Å². The van der Waals surface area contributed by atoms with Crippen LogP contribution >= 0.6 is 0 Å². The monoisotopic (exact) mass is 405 g/mol. The highest BCUT2D eigenvalue weighted by Crippen LogP contribution is 2.38. The number of fused-ring (bicyclic) bond motifs is 1. The number of phenols is 1. The number of carbonyl (C=O) groups excluding carboxylic acids is 1. The molecule has 0 bridgehead atoms. The van der Waals surface area contributed by atoms with Crippen molar-refractivity contribution in [2.45, 2.75) is 25.7 Å². The summed E-state index contributed by atoms with van der Waals surface area (Å²) in [5, 5.41) is 18.2. The molecule has 2 amide bonds. The van der Waals surface area contributed by atoms with Gasteiger partial charge in [0.05, 0.1) is 23.8 Å². The van der Waals surface area contributed by atoms with Crippen LogP contribution in [0.1, 0.15) is 11.1 Å². The second-order valence-corrected chi connectivity index (χ2v) is 7.17. The Kier molecular flexibility index (Phi) is 4.36. The van der Waals surface area contributed by atoms with Crippen LogP contribution in [0.5, 0.6) is 5.75 Å². The van der Waals surface area contributed by atoms with Crippen LogP contribution in [0.15, 0.2) is 30.5 Å². The van der Waals surface area contributed by atoms with Gasteiger partial charge in [0.2, 0.25) is 0 Å². The fourth-order valence-electron chi connectivity index (χ4n) is 3.52. The van der Waals surface area contributed by atoms with Crippen LogP contribution < -0.4 is 5.32 Å². The zero-order chi connectivity index (χ0) is 20.9. The quantitative estimate of drug-likeness (QED) is 0.701. The van der Waals surface area contributed by atoms with Crippen molar-refractivity contribution < 1.29 is 23.1 Å². The standard InChI is InChI=1S/C19H18F3N5O2/c1-10-5-12(19(20,21)22)6-15(28)16(10)14-4-3-11-7-27(25-17(11)24-14)9-13-8-26(2)18(29)23-13/h3-7,13,28H,8-9H2,1-2H3,(H,23,29). The Morgan fingerprint density at radius 1 is 1.31 bits per heavy atom. The molecule has 1 aliphatic heterocycles. The van der Waals surface area contributed by atoms with Crippen molar-refractivity contribution in [3.63, 3.8) is 0 Å². The van der Waals surface area contributed by atoms with Crippen molar-refractivity contribution in [3.05, 3.63) is 41.6 Å². The first-order valence-corrected chi connectivity index (χ1v) is 8.89. The molecule has 1 fully saturated rings. The third kappa shape index (κ3) is 3.57. The zero-order valence-electron chi connectivity index (χ0n) is 15.7. The first kappa shape index (κ1) is 19.0. The maximum absolute atomic E-state index is 12.9. The fraction of sp³-hybridized carbons (Fsp3) is 0.316. The predicted molar refractivity (Wildman–Crippen MR) is 99.3 cm³/mol. The van der Waals surface area contributed by atoms with E-state index < -0.39 is 17.5 Å². The lowest BCUT2D eigenvalue weighted by atomic mass is 10.00. The summed E-state index contributed by atoms with van der Waals surface area (Å²) < 4.78 is 40.5. The van der Waals surface area contributed by atoms with E-state index in [1.807, 2.05) is 0 Å². The Morgan fingerprint density at radius 2 is 2.07 bits per heavy atom. The minimum atomic E-state index is -4.54. The number of halogens is 3. The number of aryl methyl sites for hydroxylation is 1. The van der Waals surface area contributed by atoms with Gasteiger partial charge in [-0.25, -0.2) is 9.78 Å². The summed E-state index contributed by atoms with van der Waals surface area (Å²) in [7, 11) is 1.71. The number of phenolic OH excluding ortho intramolecular Hbond substituents is 1. The van der Waals surface area contributed by atoms with Crippen LogP contribution in [-0.2, 0) is 12.7 Å². The number of urea groups is 1. The highest BCUT2D eigenvalue weighted by molar-refractivity contribution is 5.80. The van der Waals surface area contributed by atoms with Crippen LogP contribution in [-0.4, -0.2) is 50.4 Å². The number of benzene rings is 1. The first-order chi connectivity index (χ1) is 13.6. The summed E-state index contributed by atoms with van der Waals surface area (Å²) >= 11 is 0. The lowest BCUT2D eigenvalue weighted by Crippen LogP contribution is -2.31. The molecule has 0 spiro atoms. The van der Waals surface area contributed by atoms with E-state index in [1.165, 1.54) is 6.92 Å². The van der Waals surface area contributed by atoms with Gasteiger partial charge in [0.25, 0.3) is 0 Å². The summed E-state index contributed by atoms with van der Waals surface area (Å²) in [5.74, 6) is -0.486. The van der Waals surface area contributed by atoms with Crippen molar-refractivity contribution >= 4 is 17.1 Å². The van der Waals surface area contributed by atoms with E-state index in [-0.39, 0.29) is 23.2 Å². The lowest BCUT2D eigenvalue weighted by Gasteiger charge is -2.13. The van der Waals surface area contributed by atoms with Crippen LogP contribution in [0, 0.1) is 6.92 Å². The predicted octanol–water partition coefficient (Wildman–Crippen LogP) is 3.15. The average molecular weight is 405 g/mol. The molecule has 1 aromatic carbocycles. The molecule has 7 nitrogen and oxygen atoms in total. The fourth-order valence-corrected chi connectivity index (χ4v) is 3.52. The smallest absolute Gasteiger partial charge is 0.416 e. The lowest BCUT2D eigenvalue weighted by molar-refractivity contribution is -0.137. The molecule has 1 aliphatic rings. The van der Waals surface area contributed by atoms with E-state index in [2.05, 4.69) is 15.4 Å². The second kappa shape index (κ2) is 6.64. The van der Waals surface area contributed by atoms with Gasteiger partial charge in [-0.2, -0.15) is 18.3 Å². The maximum atomic E-state index is 12.9. The molecule has 29 heavy (non-hydrogen) atoms. The van der Waals surface area contributed by atoms with Crippen LogP contribution in [0.3, 0.4) is 0 Å². The molecular formula is C19H18F3N5O2. The summed E-state index contributed by atoms with van der Waals surface area (Å²) in [6, 6.07) is 4.85.